The van der Waals surface area contributed by atoms with Gasteiger partial charge in [0, 0.05) is 62.2 Å². The topological polar surface area (TPSA) is 75.9 Å². The monoisotopic (exact) mass is 454 g/mol. The zero-order chi connectivity index (χ0) is 23.3. The summed E-state index contributed by atoms with van der Waals surface area (Å²) in [6, 6.07) is 20.5. The zero-order valence-electron chi connectivity index (χ0n) is 18.8. The van der Waals surface area contributed by atoms with E-state index in [0.717, 1.165) is 35.4 Å². The fourth-order valence-electron chi connectivity index (χ4n) is 4.16. The molecule has 3 heterocycles. The molecule has 1 N–H and O–H groups in total. The Bertz CT molecular complexity index is 1280. The van der Waals surface area contributed by atoms with Crippen LogP contribution in [0.1, 0.15) is 39.1 Å². The molecule has 1 aliphatic heterocycles. The number of hydrogen-bond acceptors (Lipinski definition) is 4. The number of hydrogen-bond donors (Lipinski definition) is 1. The number of rotatable bonds is 6. The van der Waals surface area contributed by atoms with Crippen LogP contribution < -0.4 is 10.1 Å². The normalized spacial score (nSPS) is 14.2. The lowest BCUT2D eigenvalue weighted by molar-refractivity contribution is 0.0595. The van der Waals surface area contributed by atoms with Crippen LogP contribution >= 0.6 is 0 Å². The number of fused-ring (bicyclic) bond motifs is 1. The number of aromatic nitrogens is 2. The van der Waals surface area contributed by atoms with Crippen molar-refractivity contribution in [2.75, 3.05) is 13.1 Å². The van der Waals surface area contributed by atoms with Gasteiger partial charge in [0.25, 0.3) is 11.8 Å². The van der Waals surface area contributed by atoms with E-state index >= 15 is 0 Å². The Morgan fingerprint density at radius 3 is 2.47 bits per heavy atom. The van der Waals surface area contributed by atoms with Crippen molar-refractivity contribution in [3.8, 4) is 5.75 Å². The molecule has 7 nitrogen and oxygen atoms in total. The summed E-state index contributed by atoms with van der Waals surface area (Å²) in [4.78, 5) is 31.3. The number of nitrogens with zero attached hydrogens (tertiary/aromatic N) is 3. The fraction of sp³-hybridized carbons (Fsp3) is 0.222. The Morgan fingerprint density at radius 2 is 1.71 bits per heavy atom. The Morgan fingerprint density at radius 1 is 0.941 bits per heavy atom. The number of likely N-dealkylation sites (tertiary alicyclic amines) is 1. The first kappa shape index (κ1) is 21.7. The highest BCUT2D eigenvalue weighted by Crippen LogP contribution is 2.21. The van der Waals surface area contributed by atoms with Gasteiger partial charge in [0.1, 0.15) is 17.5 Å². The standard InChI is InChI=1S/C27H26N4O3/c32-26(29-19-20-10-14-30-17-13-28-25(30)18-20)21-6-8-23(9-7-21)34-24-11-15-31(16-12-24)27(33)22-4-2-1-3-5-22/h1-10,13-14,17-18,24H,11-12,15-16,19H2,(H,29,32). The highest BCUT2D eigenvalue weighted by molar-refractivity contribution is 5.94. The molecule has 1 fully saturated rings. The maximum Gasteiger partial charge on any atom is 0.253 e. The van der Waals surface area contributed by atoms with E-state index in [4.69, 9.17) is 4.74 Å². The van der Waals surface area contributed by atoms with Crippen molar-refractivity contribution in [3.05, 3.63) is 102 Å². The van der Waals surface area contributed by atoms with Crippen LogP contribution in [0, 0.1) is 0 Å². The lowest BCUT2D eigenvalue weighted by atomic mass is 10.1. The lowest BCUT2D eigenvalue weighted by Crippen LogP contribution is -2.41. The van der Waals surface area contributed by atoms with E-state index in [1.807, 2.05) is 76.3 Å². The summed E-state index contributed by atoms with van der Waals surface area (Å²) in [5.74, 6) is 0.663. The van der Waals surface area contributed by atoms with Crippen LogP contribution in [-0.4, -0.2) is 45.3 Å². The van der Waals surface area contributed by atoms with Crippen LogP contribution in [-0.2, 0) is 6.54 Å². The first-order valence-electron chi connectivity index (χ1n) is 11.5. The number of imidazole rings is 1. The van der Waals surface area contributed by atoms with Gasteiger partial charge < -0.3 is 19.4 Å². The van der Waals surface area contributed by atoms with Gasteiger partial charge in [-0.3, -0.25) is 9.59 Å². The number of pyridine rings is 1. The average Bonchev–Trinajstić information content (AvgIpc) is 3.36. The van der Waals surface area contributed by atoms with E-state index in [0.29, 0.717) is 25.2 Å². The number of amides is 2. The van der Waals surface area contributed by atoms with Crippen molar-refractivity contribution in [1.29, 1.82) is 0 Å². The van der Waals surface area contributed by atoms with Crippen LogP contribution in [0.25, 0.3) is 5.65 Å². The minimum absolute atomic E-state index is 0.0529. The maximum absolute atomic E-state index is 12.6. The van der Waals surface area contributed by atoms with Gasteiger partial charge in [-0.25, -0.2) is 4.98 Å². The minimum Gasteiger partial charge on any atom is -0.490 e. The second kappa shape index (κ2) is 9.79. The summed E-state index contributed by atoms with van der Waals surface area (Å²) >= 11 is 0. The van der Waals surface area contributed by atoms with Crippen LogP contribution in [0.2, 0.25) is 0 Å². The molecule has 172 valence electrons. The molecule has 0 spiro atoms. The highest BCUT2D eigenvalue weighted by Gasteiger charge is 2.24. The Kier molecular flexibility index (Phi) is 6.25. The Labute approximate surface area is 198 Å². The molecule has 0 atom stereocenters. The number of ether oxygens (including phenoxy) is 1. The van der Waals surface area contributed by atoms with Crippen molar-refractivity contribution >= 4 is 17.5 Å². The molecule has 34 heavy (non-hydrogen) atoms. The Balaban J connectivity index is 1.10. The summed E-state index contributed by atoms with van der Waals surface area (Å²) in [6.07, 6.45) is 7.17. The first-order valence-corrected chi connectivity index (χ1v) is 11.5. The molecule has 0 aliphatic carbocycles. The van der Waals surface area contributed by atoms with Gasteiger partial charge in [0.15, 0.2) is 0 Å². The largest absolute Gasteiger partial charge is 0.490 e. The molecule has 2 aromatic carbocycles. The molecule has 5 rings (SSSR count). The van der Waals surface area contributed by atoms with E-state index < -0.39 is 0 Å². The summed E-state index contributed by atoms with van der Waals surface area (Å²) < 4.78 is 8.03. The Hall–Kier alpha value is -4.13. The molecule has 2 amide bonds. The molecule has 4 aromatic rings. The van der Waals surface area contributed by atoms with Crippen LogP contribution in [0.3, 0.4) is 0 Å². The second-order valence-electron chi connectivity index (χ2n) is 8.41. The van der Waals surface area contributed by atoms with E-state index in [-0.39, 0.29) is 17.9 Å². The van der Waals surface area contributed by atoms with Gasteiger partial charge >= 0.3 is 0 Å². The van der Waals surface area contributed by atoms with Crippen LogP contribution in [0.15, 0.2) is 85.3 Å². The van der Waals surface area contributed by atoms with E-state index in [1.165, 1.54) is 0 Å². The minimum atomic E-state index is -0.137. The number of piperidine rings is 1. The van der Waals surface area contributed by atoms with Crippen molar-refractivity contribution in [3.63, 3.8) is 0 Å². The zero-order valence-corrected chi connectivity index (χ0v) is 18.8. The predicted octanol–water partition coefficient (Wildman–Crippen LogP) is 3.95. The van der Waals surface area contributed by atoms with E-state index in [9.17, 15) is 9.59 Å². The van der Waals surface area contributed by atoms with Gasteiger partial charge in [0.05, 0.1) is 0 Å². The molecular formula is C27H26N4O3. The third-order valence-corrected chi connectivity index (χ3v) is 6.08. The molecule has 0 bridgehead atoms. The van der Waals surface area contributed by atoms with Gasteiger partial charge in [-0.2, -0.15) is 0 Å². The van der Waals surface area contributed by atoms with Crippen LogP contribution in [0.4, 0.5) is 0 Å². The number of carbonyl (C=O) groups excluding carboxylic acids is 2. The number of benzene rings is 2. The van der Waals surface area contributed by atoms with Crippen LogP contribution in [0.5, 0.6) is 5.75 Å². The van der Waals surface area contributed by atoms with Crippen molar-refractivity contribution < 1.29 is 14.3 Å². The summed E-state index contributed by atoms with van der Waals surface area (Å²) in [5, 5.41) is 2.95. The fourth-order valence-corrected chi connectivity index (χ4v) is 4.16. The SMILES string of the molecule is O=C(NCc1ccn2ccnc2c1)c1ccc(OC2CCN(C(=O)c3ccccc3)CC2)cc1. The third kappa shape index (κ3) is 4.93. The molecule has 0 radical (unpaired) electrons. The van der Waals surface area contributed by atoms with E-state index in [2.05, 4.69) is 10.3 Å². The van der Waals surface area contributed by atoms with Crippen molar-refractivity contribution in [2.24, 2.45) is 0 Å². The molecule has 7 heteroatoms. The highest BCUT2D eigenvalue weighted by atomic mass is 16.5. The molecule has 0 saturated carbocycles. The molecule has 1 saturated heterocycles. The quantitative estimate of drug-likeness (QED) is 0.479. The van der Waals surface area contributed by atoms with Gasteiger partial charge in [0.2, 0.25) is 0 Å². The molecule has 0 unspecified atom stereocenters. The van der Waals surface area contributed by atoms with E-state index in [1.54, 1.807) is 18.3 Å². The smallest absolute Gasteiger partial charge is 0.253 e. The maximum atomic E-state index is 12.6. The van der Waals surface area contributed by atoms with Gasteiger partial charge in [-0.1, -0.05) is 18.2 Å². The number of nitrogens with one attached hydrogen (secondary N) is 1. The molecule has 2 aromatic heterocycles. The molecule has 1 aliphatic rings. The number of carbonyl (C=O) groups is 2. The summed E-state index contributed by atoms with van der Waals surface area (Å²) in [6.45, 7) is 1.77. The van der Waals surface area contributed by atoms with Crippen molar-refractivity contribution in [1.82, 2.24) is 19.6 Å². The molecular weight excluding hydrogens is 428 g/mol. The van der Waals surface area contributed by atoms with Crippen molar-refractivity contribution in [2.45, 2.75) is 25.5 Å². The summed E-state index contributed by atoms with van der Waals surface area (Å²) in [7, 11) is 0. The lowest BCUT2D eigenvalue weighted by Gasteiger charge is -2.32. The van der Waals surface area contributed by atoms with Gasteiger partial charge in [-0.15, -0.1) is 0 Å². The third-order valence-electron chi connectivity index (χ3n) is 6.08. The summed E-state index contributed by atoms with van der Waals surface area (Å²) in [5.41, 5.74) is 3.14. The average molecular weight is 455 g/mol. The second-order valence-corrected chi connectivity index (χ2v) is 8.41. The van der Waals surface area contributed by atoms with Gasteiger partial charge in [-0.05, 0) is 54.1 Å². The predicted molar refractivity (Wildman–Crippen MR) is 129 cm³/mol. The first-order chi connectivity index (χ1) is 16.7.